The molecule has 0 radical (unpaired) electrons. The predicted molar refractivity (Wildman–Crippen MR) is 63.4 cm³/mol. The Labute approximate surface area is 94.1 Å². The molecule has 1 aliphatic carbocycles. The van der Waals surface area contributed by atoms with Crippen LogP contribution in [0.3, 0.4) is 0 Å². The molecule has 1 saturated carbocycles. The smallest absolute Gasteiger partial charge is 0.0950 e. The van der Waals surface area contributed by atoms with Crippen LogP contribution in [0.25, 0.3) is 0 Å². The maximum Gasteiger partial charge on any atom is 0.0950 e. The molecular weight excluding hydrogens is 184 g/mol. The topological polar surface area (TPSA) is 35.8 Å². The second-order valence-electron chi connectivity index (χ2n) is 4.97. The summed E-state index contributed by atoms with van der Waals surface area (Å²) >= 11 is 0. The molecule has 1 rings (SSSR count). The first kappa shape index (κ1) is 12.5. The van der Waals surface area contributed by atoms with E-state index in [1.165, 1.54) is 32.1 Å². The zero-order chi connectivity index (χ0) is 11.1. The molecular formula is C13H24N2. The van der Waals surface area contributed by atoms with Gasteiger partial charge in [-0.3, -0.25) is 0 Å². The molecule has 3 atom stereocenters. The zero-order valence-electron chi connectivity index (χ0n) is 10.1. The number of nitrogens with one attached hydrogen (secondary N) is 1. The van der Waals surface area contributed by atoms with E-state index < -0.39 is 0 Å². The lowest BCUT2D eigenvalue weighted by molar-refractivity contribution is 0.266. The normalized spacial score (nSPS) is 28.3. The minimum absolute atomic E-state index is 0.0611. The monoisotopic (exact) mass is 208 g/mol. The summed E-state index contributed by atoms with van der Waals surface area (Å²) < 4.78 is 0. The van der Waals surface area contributed by atoms with Crippen molar-refractivity contribution in [3.8, 4) is 6.07 Å². The van der Waals surface area contributed by atoms with E-state index in [0.29, 0.717) is 0 Å². The Morgan fingerprint density at radius 3 is 2.87 bits per heavy atom. The van der Waals surface area contributed by atoms with Crippen molar-refractivity contribution < 1.29 is 0 Å². The van der Waals surface area contributed by atoms with Gasteiger partial charge in [0.2, 0.25) is 0 Å². The van der Waals surface area contributed by atoms with Gasteiger partial charge in [-0.25, -0.2) is 0 Å². The summed E-state index contributed by atoms with van der Waals surface area (Å²) in [5.41, 5.74) is 0. The van der Waals surface area contributed by atoms with Crippen LogP contribution in [0.4, 0.5) is 0 Å². The highest BCUT2D eigenvalue weighted by molar-refractivity contribution is 4.88. The highest BCUT2D eigenvalue weighted by Gasteiger charge is 2.18. The minimum Gasteiger partial charge on any atom is -0.302 e. The lowest BCUT2D eigenvalue weighted by atomic mass is 9.81. The SMILES string of the molecule is CCC(C#N)NCCC1CCCC(C)C1. The average molecular weight is 208 g/mol. The van der Waals surface area contributed by atoms with E-state index in [-0.39, 0.29) is 6.04 Å². The molecule has 86 valence electrons. The van der Waals surface area contributed by atoms with Gasteiger partial charge in [-0.05, 0) is 37.6 Å². The summed E-state index contributed by atoms with van der Waals surface area (Å²) in [4.78, 5) is 0. The molecule has 0 aromatic rings. The standard InChI is InChI=1S/C13H24N2/c1-3-13(10-14)15-8-7-12-6-4-5-11(2)9-12/h11-13,15H,3-9H2,1-2H3. The van der Waals surface area contributed by atoms with Crippen LogP contribution in [-0.2, 0) is 0 Å². The summed E-state index contributed by atoms with van der Waals surface area (Å²) in [5.74, 6) is 1.82. The van der Waals surface area contributed by atoms with Gasteiger partial charge >= 0.3 is 0 Å². The minimum atomic E-state index is 0.0611. The van der Waals surface area contributed by atoms with E-state index in [4.69, 9.17) is 5.26 Å². The van der Waals surface area contributed by atoms with Gasteiger partial charge in [0.05, 0.1) is 12.1 Å². The summed E-state index contributed by atoms with van der Waals surface area (Å²) in [5, 5.41) is 12.1. The molecule has 0 aromatic carbocycles. The van der Waals surface area contributed by atoms with Gasteiger partial charge in [0, 0.05) is 0 Å². The lowest BCUT2D eigenvalue weighted by Gasteiger charge is -2.26. The third-order valence-electron chi connectivity index (χ3n) is 3.55. The first-order valence-corrected chi connectivity index (χ1v) is 6.39. The Morgan fingerprint density at radius 2 is 2.27 bits per heavy atom. The van der Waals surface area contributed by atoms with E-state index in [9.17, 15) is 0 Å². The van der Waals surface area contributed by atoms with Crippen LogP contribution in [0.15, 0.2) is 0 Å². The Hall–Kier alpha value is -0.550. The largest absolute Gasteiger partial charge is 0.302 e. The molecule has 15 heavy (non-hydrogen) atoms. The molecule has 1 aliphatic rings. The summed E-state index contributed by atoms with van der Waals surface area (Å²) in [7, 11) is 0. The molecule has 0 spiro atoms. The summed E-state index contributed by atoms with van der Waals surface area (Å²) in [6.45, 7) is 5.44. The van der Waals surface area contributed by atoms with Crippen molar-refractivity contribution in [1.29, 1.82) is 5.26 Å². The van der Waals surface area contributed by atoms with Gasteiger partial charge in [-0.2, -0.15) is 5.26 Å². The third kappa shape index (κ3) is 4.66. The maximum atomic E-state index is 8.79. The molecule has 2 heteroatoms. The fourth-order valence-corrected chi connectivity index (χ4v) is 2.56. The van der Waals surface area contributed by atoms with Crippen LogP contribution in [0, 0.1) is 23.2 Å². The van der Waals surface area contributed by atoms with Crippen molar-refractivity contribution in [1.82, 2.24) is 5.32 Å². The fraction of sp³-hybridized carbons (Fsp3) is 0.923. The van der Waals surface area contributed by atoms with Crippen LogP contribution in [0.1, 0.15) is 52.4 Å². The van der Waals surface area contributed by atoms with Gasteiger partial charge in [0.1, 0.15) is 0 Å². The van der Waals surface area contributed by atoms with E-state index in [2.05, 4.69) is 25.2 Å². The second-order valence-corrected chi connectivity index (χ2v) is 4.97. The molecule has 2 nitrogen and oxygen atoms in total. The molecule has 0 bridgehead atoms. The predicted octanol–water partition coefficient (Wildman–Crippen LogP) is 3.09. The molecule has 1 fully saturated rings. The van der Waals surface area contributed by atoms with Crippen molar-refractivity contribution in [2.24, 2.45) is 11.8 Å². The third-order valence-corrected chi connectivity index (χ3v) is 3.55. The number of nitriles is 1. The van der Waals surface area contributed by atoms with Gasteiger partial charge in [0.15, 0.2) is 0 Å². The van der Waals surface area contributed by atoms with Crippen molar-refractivity contribution in [3.63, 3.8) is 0 Å². The van der Waals surface area contributed by atoms with E-state index >= 15 is 0 Å². The average Bonchev–Trinajstić information content (AvgIpc) is 2.25. The van der Waals surface area contributed by atoms with Crippen molar-refractivity contribution in [2.75, 3.05) is 6.54 Å². The number of rotatable bonds is 5. The molecule has 0 saturated heterocycles. The van der Waals surface area contributed by atoms with Crippen molar-refractivity contribution in [3.05, 3.63) is 0 Å². The van der Waals surface area contributed by atoms with Gasteiger partial charge in [-0.15, -0.1) is 0 Å². The fourth-order valence-electron chi connectivity index (χ4n) is 2.56. The zero-order valence-corrected chi connectivity index (χ0v) is 10.1. The summed E-state index contributed by atoms with van der Waals surface area (Å²) in [6, 6.07) is 2.35. The molecule has 0 heterocycles. The van der Waals surface area contributed by atoms with Crippen molar-refractivity contribution in [2.45, 2.75) is 58.4 Å². The Bertz CT molecular complexity index is 207. The first-order chi connectivity index (χ1) is 7.26. The molecule has 0 aliphatic heterocycles. The number of hydrogen-bond donors (Lipinski definition) is 1. The van der Waals surface area contributed by atoms with Crippen LogP contribution in [-0.4, -0.2) is 12.6 Å². The van der Waals surface area contributed by atoms with E-state index in [1.807, 2.05) is 0 Å². The van der Waals surface area contributed by atoms with Gasteiger partial charge in [0.25, 0.3) is 0 Å². The number of hydrogen-bond acceptors (Lipinski definition) is 2. The Morgan fingerprint density at radius 1 is 1.47 bits per heavy atom. The van der Waals surface area contributed by atoms with Crippen LogP contribution in [0.5, 0.6) is 0 Å². The van der Waals surface area contributed by atoms with Crippen molar-refractivity contribution >= 4 is 0 Å². The Balaban J connectivity index is 2.11. The van der Waals surface area contributed by atoms with E-state index in [0.717, 1.165) is 24.8 Å². The maximum absolute atomic E-state index is 8.79. The van der Waals surface area contributed by atoms with Gasteiger partial charge < -0.3 is 5.32 Å². The molecule has 3 unspecified atom stereocenters. The molecule has 1 N–H and O–H groups in total. The highest BCUT2D eigenvalue weighted by Crippen LogP contribution is 2.30. The van der Waals surface area contributed by atoms with E-state index in [1.54, 1.807) is 0 Å². The van der Waals surface area contributed by atoms with Crippen LogP contribution in [0.2, 0.25) is 0 Å². The van der Waals surface area contributed by atoms with Gasteiger partial charge in [-0.1, -0.05) is 33.1 Å². The van der Waals surface area contributed by atoms with Crippen LogP contribution >= 0.6 is 0 Å². The quantitative estimate of drug-likeness (QED) is 0.753. The highest BCUT2D eigenvalue weighted by atomic mass is 14.9. The lowest BCUT2D eigenvalue weighted by Crippen LogP contribution is -2.29. The summed E-state index contributed by atoms with van der Waals surface area (Å²) in [6.07, 6.45) is 7.78. The second kappa shape index (κ2) is 6.85. The Kier molecular flexibility index (Phi) is 5.71. The van der Waals surface area contributed by atoms with Crippen LogP contribution < -0.4 is 5.32 Å². The molecule has 0 amide bonds. The first-order valence-electron chi connectivity index (χ1n) is 6.39. The number of nitrogens with zero attached hydrogens (tertiary/aromatic N) is 1. The molecule has 0 aromatic heterocycles.